The second-order valence-electron chi connectivity index (χ2n) is 7.12. The van der Waals surface area contributed by atoms with Crippen LogP contribution >= 0.6 is 0 Å². The summed E-state index contributed by atoms with van der Waals surface area (Å²) in [5.41, 5.74) is 0.458. The van der Waals surface area contributed by atoms with E-state index in [0.29, 0.717) is 0 Å². The minimum atomic E-state index is -1.22. The molecule has 3 rings (SSSR count). The van der Waals surface area contributed by atoms with Gasteiger partial charge in [0, 0.05) is 29.6 Å². The molecule has 3 aromatic rings. The van der Waals surface area contributed by atoms with Crippen molar-refractivity contribution >= 4 is 28.7 Å². The lowest BCUT2D eigenvalue weighted by atomic mass is 10.0. The van der Waals surface area contributed by atoms with Gasteiger partial charge in [-0.3, -0.25) is 19.0 Å². The van der Waals surface area contributed by atoms with Gasteiger partial charge < -0.3 is 15.5 Å². The van der Waals surface area contributed by atoms with Crippen LogP contribution < -0.4 is 5.32 Å². The van der Waals surface area contributed by atoms with Gasteiger partial charge >= 0.3 is 5.97 Å². The van der Waals surface area contributed by atoms with Crippen LogP contribution in [0, 0.1) is 24.4 Å². The Labute approximate surface area is 180 Å². The monoisotopic (exact) mass is 448 g/mol. The highest BCUT2D eigenvalue weighted by molar-refractivity contribution is 6.04. The number of phenolic OH excluding ortho intramolecular Hbond substituents is 1. The van der Waals surface area contributed by atoms with E-state index in [2.05, 4.69) is 5.32 Å². The van der Waals surface area contributed by atoms with E-state index in [-0.39, 0.29) is 53.5 Å². The maximum Gasteiger partial charge on any atom is 0.305 e. The van der Waals surface area contributed by atoms with Gasteiger partial charge in [-0.1, -0.05) is 0 Å². The summed E-state index contributed by atoms with van der Waals surface area (Å²) in [6, 6.07) is 5.01. The summed E-state index contributed by atoms with van der Waals surface area (Å²) in [5.74, 6) is -6.26. The Hall–Kier alpha value is -3.82. The van der Waals surface area contributed by atoms with Crippen molar-refractivity contribution < 1.29 is 37.8 Å². The summed E-state index contributed by atoms with van der Waals surface area (Å²) in [5, 5.41) is 20.8. The number of aromatic nitrogens is 1. The number of hydrogen-bond acceptors (Lipinski definition) is 4. The summed E-state index contributed by atoms with van der Waals surface area (Å²) in [6.45, 7) is 1.44. The van der Waals surface area contributed by atoms with E-state index in [9.17, 15) is 32.7 Å². The van der Waals surface area contributed by atoms with E-state index >= 15 is 0 Å². The Kier molecular flexibility index (Phi) is 6.52. The van der Waals surface area contributed by atoms with Crippen LogP contribution in [0.25, 0.3) is 10.9 Å². The molecule has 1 heterocycles. The number of fused-ring (bicyclic) bond motifs is 1. The van der Waals surface area contributed by atoms with E-state index in [1.807, 2.05) is 0 Å². The number of halogens is 3. The molecule has 0 aliphatic heterocycles. The number of aliphatic carboxylic acids is 1. The lowest BCUT2D eigenvalue weighted by Gasteiger charge is -2.08. The van der Waals surface area contributed by atoms with Gasteiger partial charge in [0.2, 0.25) is 5.91 Å². The summed E-state index contributed by atoms with van der Waals surface area (Å²) in [4.78, 5) is 35.6. The quantitative estimate of drug-likeness (QED) is 0.514. The largest absolute Gasteiger partial charge is 0.505 e. The molecule has 1 aromatic heterocycles. The van der Waals surface area contributed by atoms with Crippen molar-refractivity contribution in [2.75, 3.05) is 6.54 Å². The number of nitrogens with zero attached hydrogens (tertiary/aromatic N) is 1. The average molecular weight is 448 g/mol. The van der Waals surface area contributed by atoms with Gasteiger partial charge in [0.25, 0.3) is 5.91 Å². The van der Waals surface area contributed by atoms with Crippen molar-refractivity contribution in [2.24, 2.45) is 0 Å². The molecule has 168 valence electrons. The third-order valence-corrected chi connectivity index (χ3v) is 5.05. The van der Waals surface area contributed by atoms with E-state index < -0.39 is 41.0 Å². The molecule has 2 aromatic carbocycles. The standard InChI is InChI=1S/C22H19F3N2O5/c1-11-13(3-7-18(29)26-9-8-19(30)31)20-16(5-6-17(28)21(20)25)27(11)22(32)12-2-4-14(23)15(24)10-12/h2,4-6,10,28H,3,7-9H2,1H3,(H,26,29)(H,30,31). The van der Waals surface area contributed by atoms with Gasteiger partial charge in [0.1, 0.15) is 0 Å². The van der Waals surface area contributed by atoms with Crippen LogP contribution in [0.1, 0.15) is 34.5 Å². The summed E-state index contributed by atoms with van der Waals surface area (Å²) < 4.78 is 42.8. The number of carboxylic acids is 1. The number of aryl methyl sites for hydroxylation is 1. The number of carbonyl (C=O) groups is 3. The van der Waals surface area contributed by atoms with Gasteiger partial charge in [-0.25, -0.2) is 13.2 Å². The summed E-state index contributed by atoms with van der Waals surface area (Å²) in [6.07, 6.45) is -0.400. The van der Waals surface area contributed by atoms with E-state index in [4.69, 9.17) is 5.11 Å². The van der Waals surface area contributed by atoms with Crippen LogP contribution in [-0.2, 0) is 16.0 Å². The number of amides is 1. The minimum Gasteiger partial charge on any atom is -0.505 e. The van der Waals surface area contributed by atoms with Crippen molar-refractivity contribution in [1.82, 2.24) is 9.88 Å². The molecular weight excluding hydrogens is 429 g/mol. The predicted octanol–water partition coefficient (Wildman–Crippen LogP) is 3.28. The number of phenols is 1. The Bertz CT molecular complexity index is 1240. The molecule has 10 heteroatoms. The summed E-state index contributed by atoms with van der Waals surface area (Å²) in [7, 11) is 0. The van der Waals surface area contributed by atoms with Crippen molar-refractivity contribution in [3.05, 3.63) is 64.6 Å². The van der Waals surface area contributed by atoms with Crippen molar-refractivity contribution in [1.29, 1.82) is 0 Å². The maximum atomic E-state index is 14.8. The first-order valence-corrected chi connectivity index (χ1v) is 9.61. The molecule has 0 atom stereocenters. The number of carboxylic acid groups (broad SMARTS) is 1. The molecule has 0 saturated carbocycles. The fourth-order valence-corrected chi connectivity index (χ4v) is 3.49. The van der Waals surface area contributed by atoms with Crippen molar-refractivity contribution in [2.45, 2.75) is 26.2 Å². The second-order valence-corrected chi connectivity index (χ2v) is 7.12. The Morgan fingerprint density at radius 2 is 1.75 bits per heavy atom. The third kappa shape index (κ3) is 4.43. The van der Waals surface area contributed by atoms with Crippen LogP contribution in [0.15, 0.2) is 30.3 Å². The zero-order valence-electron chi connectivity index (χ0n) is 16.9. The highest BCUT2D eigenvalue weighted by Crippen LogP contribution is 2.34. The average Bonchev–Trinajstić information content (AvgIpc) is 3.02. The van der Waals surface area contributed by atoms with E-state index in [1.54, 1.807) is 0 Å². The first kappa shape index (κ1) is 22.9. The Morgan fingerprint density at radius 1 is 1.03 bits per heavy atom. The van der Waals surface area contributed by atoms with Crippen LogP contribution in [0.3, 0.4) is 0 Å². The van der Waals surface area contributed by atoms with Crippen LogP contribution in [0.4, 0.5) is 13.2 Å². The number of carbonyl (C=O) groups excluding carboxylic acids is 2. The molecule has 0 saturated heterocycles. The van der Waals surface area contributed by atoms with E-state index in [0.717, 1.165) is 28.8 Å². The topological polar surface area (TPSA) is 109 Å². The van der Waals surface area contributed by atoms with Crippen LogP contribution in [-0.4, -0.2) is 39.1 Å². The number of aromatic hydroxyl groups is 1. The zero-order chi connectivity index (χ0) is 23.6. The van der Waals surface area contributed by atoms with E-state index in [1.165, 1.54) is 13.0 Å². The molecule has 0 spiro atoms. The molecule has 32 heavy (non-hydrogen) atoms. The fourth-order valence-electron chi connectivity index (χ4n) is 3.49. The minimum absolute atomic E-state index is 0.0142. The lowest BCUT2D eigenvalue weighted by molar-refractivity contribution is -0.136. The molecule has 0 radical (unpaired) electrons. The Balaban J connectivity index is 2.00. The molecule has 0 unspecified atom stereocenters. The maximum absolute atomic E-state index is 14.8. The number of hydrogen-bond donors (Lipinski definition) is 3. The number of rotatable bonds is 7. The highest BCUT2D eigenvalue weighted by atomic mass is 19.2. The normalized spacial score (nSPS) is 11.0. The highest BCUT2D eigenvalue weighted by Gasteiger charge is 2.24. The second kappa shape index (κ2) is 9.13. The first-order valence-electron chi connectivity index (χ1n) is 9.61. The van der Waals surface area contributed by atoms with Gasteiger partial charge in [-0.15, -0.1) is 0 Å². The molecular formula is C22H19F3N2O5. The van der Waals surface area contributed by atoms with Gasteiger partial charge in [0.15, 0.2) is 23.2 Å². The summed E-state index contributed by atoms with van der Waals surface area (Å²) >= 11 is 0. The van der Waals surface area contributed by atoms with Gasteiger partial charge in [-0.2, -0.15) is 0 Å². The molecule has 0 aliphatic carbocycles. The lowest BCUT2D eigenvalue weighted by Crippen LogP contribution is -2.26. The Morgan fingerprint density at radius 3 is 2.41 bits per heavy atom. The molecule has 1 amide bonds. The smallest absolute Gasteiger partial charge is 0.305 e. The fraction of sp³-hybridized carbons (Fsp3) is 0.227. The molecule has 0 aliphatic rings. The van der Waals surface area contributed by atoms with Crippen molar-refractivity contribution in [3.63, 3.8) is 0 Å². The van der Waals surface area contributed by atoms with Crippen LogP contribution in [0.5, 0.6) is 5.75 Å². The SMILES string of the molecule is Cc1c(CCC(=O)NCCC(=O)O)c2c(F)c(O)ccc2n1C(=O)c1ccc(F)c(F)c1. The number of nitrogens with one attached hydrogen (secondary N) is 1. The molecule has 7 nitrogen and oxygen atoms in total. The first-order chi connectivity index (χ1) is 15.1. The molecule has 0 fully saturated rings. The molecule has 3 N–H and O–H groups in total. The van der Waals surface area contributed by atoms with Crippen LogP contribution in [0.2, 0.25) is 0 Å². The third-order valence-electron chi connectivity index (χ3n) is 5.05. The van der Waals surface area contributed by atoms with Gasteiger partial charge in [-0.05, 0) is 49.2 Å². The zero-order valence-corrected chi connectivity index (χ0v) is 16.9. The number of benzene rings is 2. The molecule has 0 bridgehead atoms. The van der Waals surface area contributed by atoms with Crippen molar-refractivity contribution in [3.8, 4) is 5.75 Å². The predicted molar refractivity (Wildman–Crippen MR) is 108 cm³/mol. The van der Waals surface area contributed by atoms with Gasteiger partial charge in [0.05, 0.1) is 11.9 Å².